The first-order valence-electron chi connectivity index (χ1n) is 15.1. The van der Waals surface area contributed by atoms with Gasteiger partial charge in [-0.05, 0) is 77.6 Å². The average molecular weight is 711 g/mol. The van der Waals surface area contributed by atoms with Crippen LogP contribution in [0.25, 0.3) is 33.4 Å². The molecule has 0 spiro atoms. The maximum atomic E-state index is 15.3. The molecule has 0 atom stereocenters. The summed E-state index contributed by atoms with van der Waals surface area (Å²) in [4.78, 5) is 0. The summed E-state index contributed by atoms with van der Waals surface area (Å²) in [5.74, 6) is -10.4. The second-order valence-electron chi connectivity index (χ2n) is 11.2. The van der Waals surface area contributed by atoms with E-state index in [9.17, 15) is 39.5 Å². The van der Waals surface area contributed by atoms with Crippen molar-refractivity contribution in [1.29, 1.82) is 0 Å². The number of hydrogen-bond acceptors (Lipinski definition) is 2. The highest BCUT2D eigenvalue weighted by atomic mass is 19.4. The van der Waals surface area contributed by atoms with Crippen LogP contribution in [0, 0.1) is 34.9 Å². The van der Waals surface area contributed by atoms with Crippen molar-refractivity contribution < 1.29 is 57.8 Å². The van der Waals surface area contributed by atoms with Crippen molar-refractivity contribution in [1.82, 2.24) is 0 Å². The van der Waals surface area contributed by atoms with Crippen molar-refractivity contribution >= 4 is 0 Å². The molecule has 0 heterocycles. The zero-order chi connectivity index (χ0) is 36.4. The monoisotopic (exact) mass is 710 g/mol. The molecule has 0 saturated carbocycles. The van der Waals surface area contributed by atoms with E-state index >= 15 is 8.78 Å². The van der Waals surface area contributed by atoms with Gasteiger partial charge in [-0.15, -0.1) is 13.2 Å². The zero-order valence-electron chi connectivity index (χ0n) is 25.9. The summed E-state index contributed by atoms with van der Waals surface area (Å²) in [6, 6.07) is 13.3. The van der Waals surface area contributed by atoms with Gasteiger partial charge in [0.25, 0.3) is 0 Å². The highest BCUT2D eigenvalue weighted by Crippen LogP contribution is 2.39. The number of unbranched alkanes of at least 4 members (excludes halogenated alkanes) is 2. The van der Waals surface area contributed by atoms with Gasteiger partial charge in [0.1, 0.15) is 40.4 Å². The Morgan fingerprint density at radius 2 is 1.02 bits per heavy atom. The molecule has 2 nitrogen and oxygen atoms in total. The Morgan fingerprint density at radius 1 is 0.500 bits per heavy atom. The van der Waals surface area contributed by atoms with Crippen LogP contribution in [0.4, 0.5) is 48.3 Å². The molecular formula is C37H25F11O2. The van der Waals surface area contributed by atoms with Crippen molar-refractivity contribution in [3.63, 3.8) is 0 Å². The van der Waals surface area contributed by atoms with Crippen molar-refractivity contribution in [2.75, 3.05) is 0 Å². The van der Waals surface area contributed by atoms with Gasteiger partial charge in [0, 0.05) is 22.8 Å². The number of halogens is 11. The van der Waals surface area contributed by atoms with Crippen LogP contribution in [0.2, 0.25) is 0 Å². The molecule has 50 heavy (non-hydrogen) atoms. The fourth-order valence-corrected chi connectivity index (χ4v) is 5.32. The summed E-state index contributed by atoms with van der Waals surface area (Å²) in [6.45, 7) is 2.06. The third kappa shape index (κ3) is 8.20. The van der Waals surface area contributed by atoms with E-state index in [1.165, 1.54) is 24.3 Å². The number of alkyl halides is 5. The smallest absolute Gasteiger partial charge is 0.429 e. The summed E-state index contributed by atoms with van der Waals surface area (Å²) in [5.41, 5.74) is -1.75. The minimum Gasteiger partial charge on any atom is -0.429 e. The predicted molar refractivity (Wildman–Crippen MR) is 163 cm³/mol. The molecule has 0 aliphatic rings. The fraction of sp³-hybridized carbons (Fsp3) is 0.189. The molecule has 262 valence electrons. The van der Waals surface area contributed by atoms with Gasteiger partial charge in [-0.25, -0.2) is 26.3 Å². The lowest BCUT2D eigenvalue weighted by Gasteiger charge is -2.20. The van der Waals surface area contributed by atoms with Gasteiger partial charge in [0.05, 0.1) is 0 Å². The third-order valence-corrected chi connectivity index (χ3v) is 7.68. The van der Waals surface area contributed by atoms with Crippen LogP contribution in [0.3, 0.4) is 0 Å². The fourth-order valence-electron chi connectivity index (χ4n) is 5.32. The number of rotatable bonds is 11. The van der Waals surface area contributed by atoms with Crippen LogP contribution >= 0.6 is 0 Å². The van der Waals surface area contributed by atoms with E-state index in [1.54, 1.807) is 12.1 Å². The molecule has 13 heteroatoms. The standard InChI is InChI=1S/C37H25F11O2/c1-2-3-4-5-20-6-10-25(28(38)14-20)21-7-11-26(29(39)15-21)22-8-12-27(30(40)16-22)23-17-32(42)35(33(43)18-23)36(44,45)49-24-9-13-34(31(41)19-24)50-37(46,47)48/h6-19H,2-5H2,1H3. The average Bonchev–Trinajstić information content (AvgIpc) is 3.01. The first-order chi connectivity index (χ1) is 23.6. The number of aryl methyl sites for hydroxylation is 1. The summed E-state index contributed by atoms with van der Waals surface area (Å²) in [7, 11) is 0. The molecule has 5 rings (SSSR count). The molecule has 0 bridgehead atoms. The predicted octanol–water partition coefficient (Wildman–Crippen LogP) is 12.3. The normalized spacial score (nSPS) is 11.9. The van der Waals surface area contributed by atoms with Crippen LogP contribution < -0.4 is 9.47 Å². The highest BCUT2D eigenvalue weighted by Gasteiger charge is 2.42. The van der Waals surface area contributed by atoms with E-state index in [1.807, 2.05) is 0 Å². The van der Waals surface area contributed by atoms with Crippen molar-refractivity contribution in [2.45, 2.75) is 45.1 Å². The van der Waals surface area contributed by atoms with Crippen molar-refractivity contribution in [3.05, 3.63) is 131 Å². The van der Waals surface area contributed by atoms with Gasteiger partial charge in [-0.2, -0.15) is 8.78 Å². The number of hydrogen-bond donors (Lipinski definition) is 0. The third-order valence-electron chi connectivity index (χ3n) is 7.68. The molecule has 0 amide bonds. The Hall–Kier alpha value is -5.07. The molecule has 0 radical (unpaired) electrons. The van der Waals surface area contributed by atoms with E-state index in [0.717, 1.165) is 43.0 Å². The van der Waals surface area contributed by atoms with Gasteiger partial charge >= 0.3 is 12.5 Å². The molecule has 0 unspecified atom stereocenters. The van der Waals surface area contributed by atoms with Crippen molar-refractivity contribution in [3.8, 4) is 44.9 Å². The minimum atomic E-state index is -5.29. The Morgan fingerprint density at radius 3 is 1.52 bits per heavy atom. The molecule has 0 N–H and O–H groups in total. The van der Waals surface area contributed by atoms with Gasteiger partial charge in [-0.3, -0.25) is 0 Å². The Bertz CT molecular complexity index is 2000. The molecule has 0 aliphatic carbocycles. The first kappa shape index (κ1) is 36.2. The van der Waals surface area contributed by atoms with E-state index in [4.69, 9.17) is 0 Å². The van der Waals surface area contributed by atoms with E-state index in [0.29, 0.717) is 30.7 Å². The molecule has 0 saturated heterocycles. The van der Waals surface area contributed by atoms with Crippen LogP contribution in [0.15, 0.2) is 84.9 Å². The summed E-state index contributed by atoms with van der Waals surface area (Å²) >= 11 is 0. The minimum absolute atomic E-state index is 0.0124. The zero-order valence-corrected chi connectivity index (χ0v) is 25.9. The molecule has 0 fully saturated rings. The molecule has 0 aliphatic heterocycles. The van der Waals surface area contributed by atoms with Gasteiger partial charge < -0.3 is 9.47 Å². The number of benzene rings is 5. The Labute approximate surface area is 278 Å². The van der Waals surface area contributed by atoms with Crippen molar-refractivity contribution in [2.24, 2.45) is 0 Å². The van der Waals surface area contributed by atoms with Gasteiger partial charge in [0.2, 0.25) is 0 Å². The molecule has 5 aromatic rings. The SMILES string of the molecule is CCCCCc1ccc(-c2ccc(-c3ccc(-c4cc(F)c(C(F)(F)Oc5ccc(OC(F)(F)F)c(F)c5)c(F)c4)c(F)c3)c(F)c2)c(F)c1. The quantitative estimate of drug-likeness (QED) is 0.100. The largest absolute Gasteiger partial charge is 0.573 e. The second-order valence-corrected chi connectivity index (χ2v) is 11.2. The van der Waals surface area contributed by atoms with Crippen LogP contribution in [-0.2, 0) is 12.5 Å². The summed E-state index contributed by atoms with van der Waals surface area (Å²) < 4.78 is 163. The van der Waals surface area contributed by atoms with Gasteiger partial charge in [0.15, 0.2) is 11.6 Å². The van der Waals surface area contributed by atoms with Crippen LogP contribution in [-0.4, -0.2) is 6.36 Å². The molecular weight excluding hydrogens is 685 g/mol. The van der Waals surface area contributed by atoms with Crippen LogP contribution in [0.1, 0.15) is 37.3 Å². The van der Waals surface area contributed by atoms with E-state index in [-0.39, 0.29) is 28.3 Å². The summed E-state index contributed by atoms with van der Waals surface area (Å²) in [5, 5.41) is 0. The molecule has 0 aromatic heterocycles. The lowest BCUT2D eigenvalue weighted by atomic mass is 9.95. The Balaban J connectivity index is 1.36. The number of ether oxygens (including phenoxy) is 2. The first-order valence-corrected chi connectivity index (χ1v) is 15.1. The lowest BCUT2D eigenvalue weighted by Crippen LogP contribution is -2.25. The Kier molecular flexibility index (Phi) is 10.4. The van der Waals surface area contributed by atoms with E-state index in [2.05, 4.69) is 16.4 Å². The summed E-state index contributed by atoms with van der Waals surface area (Å²) in [6.07, 6.45) is -6.46. The van der Waals surface area contributed by atoms with Gasteiger partial charge in [-0.1, -0.05) is 56.2 Å². The lowest BCUT2D eigenvalue weighted by molar-refractivity contribution is -0.275. The molecule has 5 aromatic carbocycles. The van der Waals surface area contributed by atoms with E-state index < -0.39 is 75.6 Å². The second kappa shape index (κ2) is 14.4. The van der Waals surface area contributed by atoms with Crippen LogP contribution in [0.5, 0.6) is 11.5 Å². The maximum absolute atomic E-state index is 15.3. The maximum Gasteiger partial charge on any atom is 0.573 e. The highest BCUT2D eigenvalue weighted by molar-refractivity contribution is 5.74. The topological polar surface area (TPSA) is 18.5 Å².